The predicted molar refractivity (Wildman–Crippen MR) is 95.8 cm³/mol. The molecule has 3 rings (SSSR count). The average Bonchev–Trinajstić information content (AvgIpc) is 3.13. The molecule has 6 nitrogen and oxygen atoms in total. The molecule has 1 aliphatic rings. The summed E-state index contributed by atoms with van der Waals surface area (Å²) in [4.78, 5) is 32.1. The van der Waals surface area contributed by atoms with Crippen molar-refractivity contribution in [1.82, 2.24) is 15.2 Å². The van der Waals surface area contributed by atoms with Crippen molar-refractivity contribution in [3.8, 4) is 0 Å². The number of carbonyl (C=O) groups is 2. The average molecular weight is 361 g/mol. The highest BCUT2D eigenvalue weighted by molar-refractivity contribution is 7.11. The maximum atomic E-state index is 12.5. The molecule has 2 aromatic heterocycles. The van der Waals surface area contributed by atoms with Crippen molar-refractivity contribution in [2.75, 3.05) is 13.1 Å². The number of hydrogen-bond donors (Lipinski definition) is 1. The molecule has 0 unspecified atom stereocenters. The normalized spacial score (nSPS) is 15.4. The van der Waals surface area contributed by atoms with Gasteiger partial charge in [-0.15, -0.1) is 11.3 Å². The third-order valence-electron chi connectivity index (χ3n) is 4.60. The van der Waals surface area contributed by atoms with Crippen LogP contribution in [0.5, 0.6) is 0 Å². The van der Waals surface area contributed by atoms with E-state index in [1.54, 1.807) is 24.3 Å². The van der Waals surface area contributed by atoms with Crippen LogP contribution in [0.3, 0.4) is 0 Å². The van der Waals surface area contributed by atoms with Crippen LogP contribution in [0.25, 0.3) is 0 Å². The number of amides is 2. The van der Waals surface area contributed by atoms with E-state index in [2.05, 4.69) is 10.3 Å². The van der Waals surface area contributed by atoms with Crippen molar-refractivity contribution in [2.24, 2.45) is 0 Å². The fraction of sp³-hybridized carbons (Fsp3) is 0.500. The van der Waals surface area contributed by atoms with E-state index in [0.29, 0.717) is 30.8 Å². The molecule has 7 heteroatoms. The van der Waals surface area contributed by atoms with Gasteiger partial charge in [0.1, 0.15) is 5.76 Å². The van der Waals surface area contributed by atoms with Gasteiger partial charge in [-0.25, -0.2) is 4.98 Å². The first-order chi connectivity index (χ1) is 11.9. The number of rotatable bonds is 4. The van der Waals surface area contributed by atoms with E-state index >= 15 is 0 Å². The second-order valence-corrected chi connectivity index (χ2v) is 7.84. The zero-order valence-corrected chi connectivity index (χ0v) is 15.6. The Kier molecular flexibility index (Phi) is 5.22. The molecule has 0 radical (unpaired) electrons. The molecule has 0 spiro atoms. The van der Waals surface area contributed by atoms with E-state index in [0.717, 1.165) is 28.4 Å². The van der Waals surface area contributed by atoms with Gasteiger partial charge in [0.25, 0.3) is 5.91 Å². The predicted octanol–water partition coefficient (Wildman–Crippen LogP) is 2.62. The third kappa shape index (κ3) is 4.10. The molecule has 1 saturated heterocycles. The van der Waals surface area contributed by atoms with Crippen LogP contribution >= 0.6 is 11.3 Å². The van der Waals surface area contributed by atoms with Crippen molar-refractivity contribution in [3.63, 3.8) is 0 Å². The maximum Gasteiger partial charge on any atom is 0.255 e. The monoisotopic (exact) mass is 361 g/mol. The zero-order valence-electron chi connectivity index (χ0n) is 14.8. The molecule has 3 heterocycles. The molecular formula is C18H23N3O3S. The van der Waals surface area contributed by atoms with Gasteiger partial charge >= 0.3 is 0 Å². The van der Waals surface area contributed by atoms with Gasteiger partial charge in [-0.05, 0) is 39.7 Å². The van der Waals surface area contributed by atoms with Crippen LogP contribution in [-0.4, -0.2) is 40.8 Å². The summed E-state index contributed by atoms with van der Waals surface area (Å²) >= 11 is 1.63. The minimum Gasteiger partial charge on any atom is -0.469 e. The molecule has 0 aromatic carbocycles. The number of nitrogens with one attached hydrogen (secondary N) is 1. The van der Waals surface area contributed by atoms with Crippen LogP contribution in [0.15, 0.2) is 16.7 Å². The number of furan rings is 1. The van der Waals surface area contributed by atoms with Crippen molar-refractivity contribution in [1.29, 1.82) is 0 Å². The van der Waals surface area contributed by atoms with E-state index in [4.69, 9.17) is 4.42 Å². The van der Waals surface area contributed by atoms with Crippen LogP contribution < -0.4 is 5.32 Å². The number of thiazole rings is 1. The highest BCUT2D eigenvalue weighted by atomic mass is 32.1. The van der Waals surface area contributed by atoms with Crippen LogP contribution in [0.1, 0.15) is 44.5 Å². The summed E-state index contributed by atoms with van der Waals surface area (Å²) in [6, 6.07) is 1.77. The summed E-state index contributed by atoms with van der Waals surface area (Å²) in [6.45, 7) is 7.07. The van der Waals surface area contributed by atoms with Crippen molar-refractivity contribution in [3.05, 3.63) is 39.2 Å². The quantitative estimate of drug-likeness (QED) is 0.908. The number of carbonyl (C=O) groups excluding carboxylic acids is 2. The lowest BCUT2D eigenvalue weighted by molar-refractivity contribution is -0.131. The highest BCUT2D eigenvalue weighted by Gasteiger charge is 2.25. The van der Waals surface area contributed by atoms with Gasteiger partial charge in [-0.2, -0.15) is 0 Å². The molecule has 1 N–H and O–H groups in total. The third-order valence-corrected chi connectivity index (χ3v) is 5.53. The van der Waals surface area contributed by atoms with Crippen LogP contribution in [0, 0.1) is 20.8 Å². The minimum atomic E-state index is -0.107. The Morgan fingerprint density at radius 1 is 1.32 bits per heavy atom. The summed E-state index contributed by atoms with van der Waals surface area (Å²) in [5.41, 5.74) is 1.46. The van der Waals surface area contributed by atoms with Crippen molar-refractivity contribution in [2.45, 2.75) is 46.1 Å². The van der Waals surface area contributed by atoms with E-state index in [9.17, 15) is 9.59 Å². The summed E-state index contributed by atoms with van der Waals surface area (Å²) in [5.74, 6) is 0.632. The summed E-state index contributed by atoms with van der Waals surface area (Å²) < 4.78 is 5.17. The molecule has 134 valence electrons. The smallest absolute Gasteiger partial charge is 0.255 e. The fourth-order valence-corrected chi connectivity index (χ4v) is 3.98. The number of aryl methyl sites for hydroxylation is 3. The number of likely N-dealkylation sites (tertiary alicyclic amines) is 1. The van der Waals surface area contributed by atoms with E-state index in [1.807, 2.05) is 18.7 Å². The minimum absolute atomic E-state index is 0.0918. The lowest BCUT2D eigenvalue weighted by Crippen LogP contribution is -2.47. The maximum absolute atomic E-state index is 12.5. The number of hydrogen-bond acceptors (Lipinski definition) is 5. The molecule has 0 saturated carbocycles. The molecule has 0 atom stereocenters. The molecule has 2 amide bonds. The SMILES string of the molecule is Cc1nc(CC(=O)N2CCC(NC(=O)c3ccoc3C)CC2)c(C)s1. The Labute approximate surface area is 151 Å². The molecule has 0 bridgehead atoms. The Balaban J connectivity index is 1.50. The van der Waals surface area contributed by atoms with Crippen molar-refractivity contribution >= 4 is 23.2 Å². The lowest BCUT2D eigenvalue weighted by Gasteiger charge is -2.32. The largest absolute Gasteiger partial charge is 0.469 e. The standard InChI is InChI=1S/C18H23N3O3S/c1-11-15(6-9-24-11)18(23)20-14-4-7-21(8-5-14)17(22)10-16-12(2)25-13(3)19-16/h6,9,14H,4-5,7-8,10H2,1-3H3,(H,20,23). The number of nitrogens with zero attached hydrogens (tertiary/aromatic N) is 2. The van der Waals surface area contributed by atoms with E-state index < -0.39 is 0 Å². The van der Waals surface area contributed by atoms with E-state index in [1.165, 1.54) is 6.26 Å². The van der Waals surface area contributed by atoms with Crippen molar-refractivity contribution < 1.29 is 14.0 Å². The second-order valence-electron chi connectivity index (χ2n) is 6.43. The molecule has 25 heavy (non-hydrogen) atoms. The fourth-order valence-electron chi connectivity index (χ4n) is 3.15. The van der Waals surface area contributed by atoms with Gasteiger partial charge < -0.3 is 14.6 Å². The Morgan fingerprint density at radius 3 is 2.60 bits per heavy atom. The van der Waals surface area contributed by atoms with Crippen LogP contribution in [0.2, 0.25) is 0 Å². The van der Waals surface area contributed by atoms with Gasteiger partial charge in [0, 0.05) is 24.0 Å². The summed E-state index contributed by atoms with van der Waals surface area (Å²) in [5, 5.41) is 4.03. The summed E-state index contributed by atoms with van der Waals surface area (Å²) in [6.07, 6.45) is 3.42. The topological polar surface area (TPSA) is 75.4 Å². The molecule has 1 aliphatic heterocycles. The van der Waals surface area contributed by atoms with Gasteiger partial charge in [0.2, 0.25) is 5.91 Å². The van der Waals surface area contributed by atoms with E-state index in [-0.39, 0.29) is 17.9 Å². The molecule has 0 aliphatic carbocycles. The number of piperidine rings is 1. The molecule has 1 fully saturated rings. The Hall–Kier alpha value is -2.15. The molecular weight excluding hydrogens is 338 g/mol. The van der Waals surface area contributed by atoms with Gasteiger partial charge in [0.05, 0.1) is 28.9 Å². The zero-order chi connectivity index (χ0) is 18.0. The van der Waals surface area contributed by atoms with Gasteiger partial charge in [-0.1, -0.05) is 0 Å². The second kappa shape index (κ2) is 7.39. The molecule has 2 aromatic rings. The Bertz CT molecular complexity index is 772. The Morgan fingerprint density at radius 2 is 2.04 bits per heavy atom. The summed E-state index contributed by atoms with van der Waals surface area (Å²) in [7, 11) is 0. The lowest BCUT2D eigenvalue weighted by atomic mass is 10.0. The first kappa shape index (κ1) is 17.7. The van der Waals surface area contributed by atoms with Crippen LogP contribution in [0.4, 0.5) is 0 Å². The number of aromatic nitrogens is 1. The first-order valence-corrected chi connectivity index (χ1v) is 9.31. The van der Waals surface area contributed by atoms with Gasteiger partial charge in [0.15, 0.2) is 0 Å². The van der Waals surface area contributed by atoms with Crippen LogP contribution in [-0.2, 0) is 11.2 Å². The van der Waals surface area contributed by atoms with Gasteiger partial charge in [-0.3, -0.25) is 9.59 Å². The highest BCUT2D eigenvalue weighted by Crippen LogP contribution is 2.19. The first-order valence-electron chi connectivity index (χ1n) is 8.49.